The average Bonchev–Trinajstić information content (AvgIpc) is 2.45. The number of aryl methyl sites for hydroxylation is 1. The van der Waals surface area contributed by atoms with Gasteiger partial charge in [-0.1, -0.05) is 0 Å². The van der Waals surface area contributed by atoms with Crippen LogP contribution in [-0.4, -0.2) is 28.1 Å². The number of carbonyl (C=O) groups excluding carboxylic acids is 1. The van der Waals surface area contributed by atoms with Gasteiger partial charge in [0.25, 0.3) is 0 Å². The summed E-state index contributed by atoms with van der Waals surface area (Å²) in [5, 5.41) is 0. The average molecular weight is 344 g/mol. The van der Waals surface area contributed by atoms with Gasteiger partial charge in [-0.15, -0.1) is 0 Å². The molecular weight excluding hydrogens is 321 g/mol. The number of alkyl halides is 3. The lowest BCUT2D eigenvalue weighted by Crippen LogP contribution is -2.42. The zero-order valence-corrected chi connectivity index (χ0v) is 14.4. The van der Waals surface area contributed by atoms with Gasteiger partial charge < -0.3 is 9.64 Å². The Kier molecular flexibility index (Phi) is 5.11. The molecule has 1 unspecified atom stereocenters. The van der Waals surface area contributed by atoms with E-state index in [0.29, 0.717) is 18.5 Å². The lowest BCUT2D eigenvalue weighted by molar-refractivity contribution is -0.138. The molecule has 0 bridgehead atoms. The summed E-state index contributed by atoms with van der Waals surface area (Å²) in [6.45, 7) is 7.09. The van der Waals surface area contributed by atoms with Gasteiger partial charge in [-0.25, -0.2) is 4.79 Å². The fourth-order valence-electron chi connectivity index (χ4n) is 2.84. The molecule has 134 valence electrons. The Morgan fingerprint density at radius 3 is 2.54 bits per heavy atom. The van der Waals surface area contributed by atoms with Crippen molar-refractivity contribution in [2.24, 2.45) is 0 Å². The predicted molar refractivity (Wildman–Crippen MR) is 83.5 cm³/mol. The maximum atomic E-state index is 13.1. The van der Waals surface area contributed by atoms with E-state index < -0.39 is 29.5 Å². The number of pyridine rings is 1. The molecule has 4 nitrogen and oxygen atoms in total. The molecule has 1 aromatic rings. The Morgan fingerprint density at radius 1 is 1.29 bits per heavy atom. The fourth-order valence-corrected chi connectivity index (χ4v) is 2.84. The second-order valence-electron chi connectivity index (χ2n) is 7.08. The number of carbonyl (C=O) groups is 1. The Hall–Kier alpha value is -1.79. The minimum absolute atomic E-state index is 0.0640. The van der Waals surface area contributed by atoms with Crippen LogP contribution >= 0.6 is 0 Å². The van der Waals surface area contributed by atoms with E-state index in [9.17, 15) is 18.0 Å². The van der Waals surface area contributed by atoms with Crippen LogP contribution in [0.4, 0.5) is 18.0 Å². The smallest absolute Gasteiger partial charge is 0.418 e. The molecule has 1 amide bonds. The fraction of sp³-hybridized carbons (Fsp3) is 0.647. The van der Waals surface area contributed by atoms with Crippen LogP contribution in [-0.2, 0) is 10.9 Å². The van der Waals surface area contributed by atoms with Crippen molar-refractivity contribution in [2.45, 2.75) is 64.8 Å². The summed E-state index contributed by atoms with van der Waals surface area (Å²) in [4.78, 5) is 17.8. The number of hydrogen-bond acceptors (Lipinski definition) is 3. The molecule has 0 radical (unpaired) electrons. The second-order valence-corrected chi connectivity index (χ2v) is 7.08. The summed E-state index contributed by atoms with van der Waals surface area (Å²) >= 11 is 0. The summed E-state index contributed by atoms with van der Waals surface area (Å²) in [7, 11) is 0. The molecule has 0 saturated carbocycles. The van der Waals surface area contributed by atoms with Crippen LogP contribution in [0.3, 0.4) is 0 Å². The number of nitrogens with zero attached hydrogens (tertiary/aromatic N) is 2. The van der Waals surface area contributed by atoms with E-state index in [1.54, 1.807) is 20.8 Å². The van der Waals surface area contributed by atoms with Gasteiger partial charge in [-0.2, -0.15) is 13.2 Å². The van der Waals surface area contributed by atoms with Gasteiger partial charge >= 0.3 is 12.3 Å². The summed E-state index contributed by atoms with van der Waals surface area (Å²) in [5.74, 6) is 0. The Morgan fingerprint density at radius 2 is 1.96 bits per heavy atom. The van der Waals surface area contributed by atoms with Crippen molar-refractivity contribution in [2.75, 3.05) is 6.54 Å². The molecule has 1 aliphatic heterocycles. The second kappa shape index (κ2) is 6.61. The van der Waals surface area contributed by atoms with Gasteiger partial charge in [0, 0.05) is 18.4 Å². The van der Waals surface area contributed by atoms with Crippen molar-refractivity contribution in [1.82, 2.24) is 9.88 Å². The topological polar surface area (TPSA) is 42.4 Å². The van der Waals surface area contributed by atoms with E-state index in [1.807, 2.05) is 0 Å². The highest BCUT2D eigenvalue weighted by molar-refractivity contribution is 5.69. The van der Waals surface area contributed by atoms with E-state index in [0.717, 1.165) is 18.9 Å². The molecule has 24 heavy (non-hydrogen) atoms. The Bertz CT molecular complexity index is 609. The number of ether oxygens (including phenoxy) is 1. The first-order chi connectivity index (χ1) is 11.0. The zero-order valence-electron chi connectivity index (χ0n) is 14.4. The highest BCUT2D eigenvalue weighted by atomic mass is 19.4. The summed E-state index contributed by atoms with van der Waals surface area (Å²) in [6.07, 6.45) is -1.28. The van der Waals surface area contributed by atoms with Crippen LogP contribution in [0.5, 0.6) is 0 Å². The molecule has 0 aromatic carbocycles. The number of likely N-dealkylation sites (tertiary alicyclic amines) is 1. The molecule has 1 saturated heterocycles. The first-order valence-electron chi connectivity index (χ1n) is 8.02. The molecule has 1 fully saturated rings. The van der Waals surface area contributed by atoms with Crippen molar-refractivity contribution in [3.63, 3.8) is 0 Å². The van der Waals surface area contributed by atoms with Crippen molar-refractivity contribution in [1.29, 1.82) is 0 Å². The van der Waals surface area contributed by atoms with Crippen molar-refractivity contribution in [3.05, 3.63) is 29.1 Å². The highest BCUT2D eigenvalue weighted by Gasteiger charge is 2.36. The Balaban J connectivity index is 2.32. The van der Waals surface area contributed by atoms with Crippen LogP contribution < -0.4 is 0 Å². The summed E-state index contributed by atoms with van der Waals surface area (Å²) in [6, 6.07) is 0.665. The van der Waals surface area contributed by atoms with Crippen molar-refractivity contribution < 1.29 is 22.7 Å². The van der Waals surface area contributed by atoms with Gasteiger partial charge in [-0.05, 0) is 58.6 Å². The predicted octanol–water partition coefficient (Wildman–Crippen LogP) is 4.87. The van der Waals surface area contributed by atoms with E-state index in [1.165, 1.54) is 18.0 Å². The monoisotopic (exact) mass is 344 g/mol. The molecule has 2 heterocycles. The number of hydrogen-bond donors (Lipinski definition) is 0. The molecule has 7 heteroatoms. The van der Waals surface area contributed by atoms with Gasteiger partial charge in [0.05, 0.1) is 11.6 Å². The van der Waals surface area contributed by atoms with E-state index >= 15 is 0 Å². The van der Waals surface area contributed by atoms with Crippen molar-refractivity contribution in [3.8, 4) is 0 Å². The lowest BCUT2D eigenvalue weighted by Gasteiger charge is -2.37. The van der Waals surface area contributed by atoms with Crippen LogP contribution in [0, 0.1) is 6.92 Å². The SMILES string of the molecule is Cc1ncc(C2CCCCN2C(=O)OC(C)(C)C)cc1C(F)(F)F. The standard InChI is InChI=1S/C17H23F3N2O2/c1-11-13(17(18,19)20)9-12(10-21-11)14-7-5-6-8-22(14)15(23)24-16(2,3)4/h9-10,14H,5-8H2,1-4H3. The highest BCUT2D eigenvalue weighted by Crippen LogP contribution is 2.36. The summed E-state index contributed by atoms with van der Waals surface area (Å²) in [5.41, 5.74) is -1.07. The summed E-state index contributed by atoms with van der Waals surface area (Å²) < 4.78 is 44.8. The number of rotatable bonds is 1. The van der Waals surface area contributed by atoms with E-state index in [4.69, 9.17) is 4.74 Å². The van der Waals surface area contributed by atoms with Crippen molar-refractivity contribution >= 4 is 6.09 Å². The maximum absolute atomic E-state index is 13.1. The number of amides is 1. The van der Waals surface area contributed by atoms with Gasteiger partial charge in [-0.3, -0.25) is 4.98 Å². The van der Waals surface area contributed by atoms with Crippen LogP contribution in [0.25, 0.3) is 0 Å². The third kappa shape index (κ3) is 4.39. The largest absolute Gasteiger partial charge is 0.444 e. The quantitative estimate of drug-likeness (QED) is 0.730. The van der Waals surface area contributed by atoms with Crippen LogP contribution in [0.2, 0.25) is 0 Å². The molecule has 2 rings (SSSR count). The molecular formula is C17H23F3N2O2. The number of halogens is 3. The van der Waals surface area contributed by atoms with Crippen LogP contribution in [0.1, 0.15) is 62.9 Å². The number of aromatic nitrogens is 1. The molecule has 0 spiro atoms. The van der Waals surface area contributed by atoms with E-state index in [2.05, 4.69) is 4.98 Å². The van der Waals surface area contributed by atoms with Gasteiger partial charge in [0.15, 0.2) is 0 Å². The van der Waals surface area contributed by atoms with Gasteiger partial charge in [0.1, 0.15) is 5.60 Å². The molecule has 1 aromatic heterocycles. The van der Waals surface area contributed by atoms with Crippen LogP contribution in [0.15, 0.2) is 12.3 Å². The number of piperidine rings is 1. The lowest BCUT2D eigenvalue weighted by atomic mass is 9.95. The first-order valence-corrected chi connectivity index (χ1v) is 8.02. The zero-order chi connectivity index (χ0) is 18.1. The molecule has 1 aliphatic rings. The normalized spacial score (nSPS) is 19.3. The Labute approximate surface area is 140 Å². The minimum atomic E-state index is -4.46. The third-order valence-electron chi connectivity index (χ3n) is 3.93. The molecule has 1 atom stereocenters. The molecule has 0 N–H and O–H groups in total. The first kappa shape index (κ1) is 18.5. The van der Waals surface area contributed by atoms with Gasteiger partial charge in [0.2, 0.25) is 0 Å². The maximum Gasteiger partial charge on any atom is 0.418 e. The third-order valence-corrected chi connectivity index (χ3v) is 3.93. The molecule has 0 aliphatic carbocycles. The minimum Gasteiger partial charge on any atom is -0.444 e. The van der Waals surface area contributed by atoms with E-state index in [-0.39, 0.29) is 5.69 Å².